The second-order valence-corrected chi connectivity index (χ2v) is 6.33. The van der Waals surface area contributed by atoms with Crippen molar-refractivity contribution in [2.45, 2.75) is 31.6 Å². The summed E-state index contributed by atoms with van der Waals surface area (Å²) >= 11 is 0. The highest BCUT2D eigenvalue weighted by atomic mass is 16.5. The maximum absolute atomic E-state index is 9.03. The van der Waals surface area contributed by atoms with Crippen LogP contribution in [0.4, 0.5) is 5.82 Å². The Hall–Kier alpha value is -2.71. The van der Waals surface area contributed by atoms with Gasteiger partial charge in [-0.3, -0.25) is 4.99 Å². The molecular weight excluding hydrogens is 346 g/mol. The Morgan fingerprint density at radius 2 is 2.11 bits per heavy atom. The Morgan fingerprint density at radius 3 is 2.74 bits per heavy atom. The molecule has 0 spiro atoms. The number of aliphatic imine (C=N–C) groups is 2. The standard InChI is InChI=1S/C19H25N5O3/c1-21-17(20)16-18(22-2)24(23-19(16)26-9-8-25)14-10-15(11-14)27-12-13-6-4-3-5-7-13/h3-7,14-15,25H,2,8-12H2,1H3,(H2,20,21)/t14-,15-. The molecule has 8 heteroatoms. The molecule has 0 amide bonds. The minimum atomic E-state index is -0.120. The monoisotopic (exact) mass is 371 g/mol. The van der Waals surface area contributed by atoms with Crippen LogP contribution in [0.1, 0.15) is 30.0 Å². The average molecular weight is 371 g/mol. The molecule has 1 aliphatic carbocycles. The number of nitrogens with two attached hydrogens (primary N) is 1. The highest BCUT2D eigenvalue weighted by Gasteiger charge is 2.35. The van der Waals surface area contributed by atoms with Crippen LogP contribution >= 0.6 is 0 Å². The van der Waals surface area contributed by atoms with E-state index in [9.17, 15) is 0 Å². The summed E-state index contributed by atoms with van der Waals surface area (Å²) in [6.07, 6.45) is 1.80. The zero-order valence-corrected chi connectivity index (χ0v) is 15.4. The summed E-state index contributed by atoms with van der Waals surface area (Å²) in [5, 5.41) is 13.5. The molecule has 1 fully saturated rings. The molecule has 0 aliphatic heterocycles. The number of nitrogens with zero attached hydrogens (tertiary/aromatic N) is 4. The first-order valence-corrected chi connectivity index (χ1v) is 8.89. The van der Waals surface area contributed by atoms with E-state index in [1.165, 1.54) is 0 Å². The first-order chi connectivity index (χ1) is 13.2. The van der Waals surface area contributed by atoms with Gasteiger partial charge in [-0.1, -0.05) is 30.3 Å². The van der Waals surface area contributed by atoms with Gasteiger partial charge in [0.05, 0.1) is 25.4 Å². The molecule has 144 valence electrons. The summed E-state index contributed by atoms with van der Waals surface area (Å²) < 4.78 is 13.3. The molecule has 0 bridgehead atoms. The van der Waals surface area contributed by atoms with Gasteiger partial charge in [-0.05, 0) is 25.1 Å². The fraction of sp³-hybridized carbons (Fsp3) is 0.421. The Labute approximate surface area is 158 Å². The van der Waals surface area contributed by atoms with Crippen LogP contribution in [0, 0.1) is 0 Å². The van der Waals surface area contributed by atoms with Crippen molar-refractivity contribution in [3.05, 3.63) is 41.5 Å². The summed E-state index contributed by atoms with van der Waals surface area (Å²) in [7, 11) is 1.59. The lowest BCUT2D eigenvalue weighted by Crippen LogP contribution is -2.33. The first-order valence-electron chi connectivity index (χ1n) is 8.89. The van der Waals surface area contributed by atoms with E-state index >= 15 is 0 Å². The first kappa shape index (κ1) is 19.1. The highest BCUT2D eigenvalue weighted by molar-refractivity contribution is 6.03. The quantitative estimate of drug-likeness (QED) is 0.517. The van der Waals surface area contributed by atoms with E-state index in [2.05, 4.69) is 21.8 Å². The lowest BCUT2D eigenvalue weighted by atomic mass is 9.89. The van der Waals surface area contributed by atoms with E-state index in [1.807, 2.05) is 30.3 Å². The molecule has 1 heterocycles. The molecule has 0 unspecified atom stereocenters. The van der Waals surface area contributed by atoms with Gasteiger partial charge in [0.25, 0.3) is 0 Å². The SMILES string of the molecule is C=Nc1c(/C(N)=N\C)c(OCCO)nn1[C@H]1C[C@H](OCc2ccccc2)C1. The van der Waals surface area contributed by atoms with Gasteiger partial charge in [0.15, 0.2) is 5.82 Å². The van der Waals surface area contributed by atoms with Crippen molar-refractivity contribution in [3.8, 4) is 5.88 Å². The van der Waals surface area contributed by atoms with E-state index in [-0.39, 0.29) is 31.2 Å². The maximum Gasteiger partial charge on any atom is 0.246 e. The predicted molar refractivity (Wildman–Crippen MR) is 104 cm³/mol. The van der Waals surface area contributed by atoms with E-state index in [0.717, 1.165) is 18.4 Å². The van der Waals surface area contributed by atoms with E-state index < -0.39 is 0 Å². The Kier molecular flexibility index (Phi) is 6.20. The number of rotatable bonds is 9. The van der Waals surface area contributed by atoms with Crippen LogP contribution in [0.3, 0.4) is 0 Å². The van der Waals surface area contributed by atoms with Crippen LogP contribution < -0.4 is 10.5 Å². The van der Waals surface area contributed by atoms with Crippen LogP contribution in [0.2, 0.25) is 0 Å². The number of hydrogen-bond donors (Lipinski definition) is 2. The predicted octanol–water partition coefficient (Wildman–Crippen LogP) is 1.84. The van der Waals surface area contributed by atoms with Crippen LogP contribution in [-0.4, -0.2) is 53.8 Å². The maximum atomic E-state index is 9.03. The van der Waals surface area contributed by atoms with Gasteiger partial charge >= 0.3 is 0 Å². The normalized spacial score (nSPS) is 19.6. The molecule has 0 atom stereocenters. The molecule has 0 saturated heterocycles. The number of aliphatic hydroxyl groups is 1. The summed E-state index contributed by atoms with van der Waals surface area (Å²) in [5.74, 6) is 1.11. The van der Waals surface area contributed by atoms with Gasteiger partial charge in [-0.25, -0.2) is 9.67 Å². The Bertz CT molecular complexity index is 797. The van der Waals surface area contributed by atoms with Crippen molar-refractivity contribution < 1.29 is 14.6 Å². The van der Waals surface area contributed by atoms with Crippen molar-refractivity contribution >= 4 is 18.4 Å². The summed E-state index contributed by atoms with van der Waals surface area (Å²) in [6.45, 7) is 4.23. The van der Waals surface area contributed by atoms with Crippen molar-refractivity contribution in [1.82, 2.24) is 9.78 Å². The van der Waals surface area contributed by atoms with Gasteiger partial charge in [-0.2, -0.15) is 0 Å². The summed E-state index contributed by atoms with van der Waals surface area (Å²) in [4.78, 5) is 8.11. The summed E-state index contributed by atoms with van der Waals surface area (Å²) in [6, 6.07) is 10.2. The summed E-state index contributed by atoms with van der Waals surface area (Å²) in [5.41, 5.74) is 7.66. The van der Waals surface area contributed by atoms with Gasteiger partial charge in [0.2, 0.25) is 5.88 Å². The molecule has 0 radical (unpaired) electrons. The molecule has 1 aromatic heterocycles. The second-order valence-electron chi connectivity index (χ2n) is 6.33. The molecule has 27 heavy (non-hydrogen) atoms. The molecular formula is C19H25N5O3. The molecule has 1 aromatic carbocycles. The van der Waals surface area contributed by atoms with Crippen molar-refractivity contribution in [1.29, 1.82) is 0 Å². The number of benzene rings is 1. The number of aromatic nitrogens is 2. The van der Waals surface area contributed by atoms with Crippen molar-refractivity contribution in [2.75, 3.05) is 20.3 Å². The zero-order valence-electron chi connectivity index (χ0n) is 15.4. The minimum Gasteiger partial charge on any atom is -0.474 e. The van der Waals surface area contributed by atoms with Crippen molar-refractivity contribution in [2.24, 2.45) is 15.7 Å². The minimum absolute atomic E-state index is 0.116. The largest absolute Gasteiger partial charge is 0.474 e. The molecule has 8 nitrogen and oxygen atoms in total. The van der Waals surface area contributed by atoms with E-state index in [4.69, 9.17) is 20.3 Å². The van der Waals surface area contributed by atoms with Crippen molar-refractivity contribution in [3.63, 3.8) is 0 Å². The molecule has 3 N–H and O–H groups in total. The molecule has 3 rings (SSSR count). The molecule has 1 aliphatic rings. The number of hydrogen-bond acceptors (Lipinski definition) is 6. The van der Waals surface area contributed by atoms with Crippen LogP contribution in [0.15, 0.2) is 40.3 Å². The molecule has 2 aromatic rings. The van der Waals surface area contributed by atoms with Crippen LogP contribution in [-0.2, 0) is 11.3 Å². The Morgan fingerprint density at radius 1 is 1.37 bits per heavy atom. The second kappa shape index (κ2) is 8.79. The third-order valence-corrected chi connectivity index (χ3v) is 4.57. The lowest BCUT2D eigenvalue weighted by Gasteiger charge is -2.35. The number of ether oxygens (including phenoxy) is 2. The lowest BCUT2D eigenvalue weighted by molar-refractivity contribution is -0.0381. The number of aliphatic hydroxyl groups excluding tert-OH is 1. The number of amidine groups is 1. The highest BCUT2D eigenvalue weighted by Crippen LogP contribution is 2.40. The Balaban J connectivity index is 1.70. The van der Waals surface area contributed by atoms with Gasteiger partial charge in [0, 0.05) is 7.05 Å². The third-order valence-electron chi connectivity index (χ3n) is 4.57. The molecule has 1 saturated carbocycles. The topological polar surface area (TPSA) is 107 Å². The van der Waals surface area contributed by atoms with Crippen LogP contribution in [0.5, 0.6) is 5.88 Å². The fourth-order valence-corrected chi connectivity index (χ4v) is 3.05. The van der Waals surface area contributed by atoms with Gasteiger partial charge in [-0.15, -0.1) is 5.10 Å². The van der Waals surface area contributed by atoms with Gasteiger partial charge < -0.3 is 20.3 Å². The fourth-order valence-electron chi connectivity index (χ4n) is 3.05. The average Bonchev–Trinajstić information content (AvgIpc) is 3.03. The van der Waals surface area contributed by atoms with Crippen LogP contribution in [0.25, 0.3) is 0 Å². The smallest absolute Gasteiger partial charge is 0.246 e. The zero-order chi connectivity index (χ0) is 19.2. The third kappa shape index (κ3) is 4.17. The van der Waals surface area contributed by atoms with E-state index in [1.54, 1.807) is 11.7 Å². The van der Waals surface area contributed by atoms with E-state index in [0.29, 0.717) is 23.9 Å². The van der Waals surface area contributed by atoms with Gasteiger partial charge in [0.1, 0.15) is 18.0 Å².